The van der Waals surface area contributed by atoms with Gasteiger partial charge in [0.05, 0.1) is 11.1 Å². The normalized spacial score (nSPS) is 12.0. The molecule has 0 aliphatic carbocycles. The second-order valence-corrected chi connectivity index (χ2v) is 5.09. The average Bonchev–Trinajstić information content (AvgIpc) is 2.48. The van der Waals surface area contributed by atoms with Gasteiger partial charge in [-0.05, 0) is 25.1 Å². The Labute approximate surface area is 127 Å². The Balaban J connectivity index is 2.31. The maximum absolute atomic E-state index is 13.8. The molecule has 1 heterocycles. The van der Waals surface area contributed by atoms with E-state index in [2.05, 4.69) is 4.98 Å². The SMILES string of the molecule is CC(c1ccccc1F)N(C)C(=O)c1nc(N)ccc1Cl. The first-order chi connectivity index (χ1) is 9.91. The van der Waals surface area contributed by atoms with E-state index in [-0.39, 0.29) is 22.4 Å². The number of nitrogens with zero attached hydrogens (tertiary/aromatic N) is 2. The number of rotatable bonds is 3. The maximum Gasteiger partial charge on any atom is 0.274 e. The third-order valence-electron chi connectivity index (χ3n) is 3.33. The Morgan fingerprint density at radius 2 is 2.00 bits per heavy atom. The highest BCUT2D eigenvalue weighted by atomic mass is 35.5. The summed E-state index contributed by atoms with van der Waals surface area (Å²) in [6.07, 6.45) is 0. The maximum atomic E-state index is 13.8. The summed E-state index contributed by atoms with van der Waals surface area (Å²) in [5.74, 6) is -0.575. The molecule has 0 bridgehead atoms. The molecule has 21 heavy (non-hydrogen) atoms. The van der Waals surface area contributed by atoms with Gasteiger partial charge in [0, 0.05) is 12.6 Å². The topological polar surface area (TPSA) is 59.2 Å². The lowest BCUT2D eigenvalue weighted by Gasteiger charge is -2.25. The Morgan fingerprint density at radius 3 is 2.67 bits per heavy atom. The summed E-state index contributed by atoms with van der Waals surface area (Å²) in [5, 5.41) is 0.210. The van der Waals surface area contributed by atoms with Crippen molar-refractivity contribution in [1.29, 1.82) is 0 Å². The molecule has 0 spiro atoms. The van der Waals surface area contributed by atoms with Crippen molar-refractivity contribution in [2.24, 2.45) is 0 Å². The van der Waals surface area contributed by atoms with E-state index < -0.39 is 11.9 Å². The number of pyridine rings is 1. The van der Waals surface area contributed by atoms with Gasteiger partial charge in [0.1, 0.15) is 17.3 Å². The van der Waals surface area contributed by atoms with Crippen LogP contribution in [0, 0.1) is 5.82 Å². The molecule has 110 valence electrons. The first-order valence-corrected chi connectivity index (χ1v) is 6.73. The smallest absolute Gasteiger partial charge is 0.274 e. The van der Waals surface area contributed by atoms with Crippen molar-refractivity contribution in [3.05, 3.63) is 58.5 Å². The van der Waals surface area contributed by atoms with Crippen LogP contribution in [-0.2, 0) is 0 Å². The number of aromatic nitrogens is 1. The molecule has 1 amide bonds. The number of hydrogen-bond donors (Lipinski definition) is 1. The van der Waals surface area contributed by atoms with Crippen molar-refractivity contribution in [2.75, 3.05) is 12.8 Å². The van der Waals surface area contributed by atoms with Crippen molar-refractivity contribution < 1.29 is 9.18 Å². The molecule has 2 rings (SSSR count). The summed E-state index contributed by atoms with van der Waals surface area (Å²) in [5.41, 5.74) is 6.06. The van der Waals surface area contributed by atoms with Crippen molar-refractivity contribution in [1.82, 2.24) is 9.88 Å². The van der Waals surface area contributed by atoms with E-state index in [1.807, 2.05) is 0 Å². The third-order valence-corrected chi connectivity index (χ3v) is 3.63. The predicted octanol–water partition coefficient (Wildman–Crippen LogP) is 3.29. The zero-order chi connectivity index (χ0) is 15.6. The Hall–Kier alpha value is -2.14. The van der Waals surface area contributed by atoms with Gasteiger partial charge in [-0.25, -0.2) is 9.37 Å². The number of carbonyl (C=O) groups excluding carboxylic acids is 1. The zero-order valence-electron chi connectivity index (χ0n) is 11.7. The molecule has 6 heteroatoms. The van der Waals surface area contributed by atoms with E-state index in [1.54, 1.807) is 32.2 Å². The molecular formula is C15H15ClFN3O. The molecule has 0 aliphatic rings. The number of nitrogens with two attached hydrogens (primary N) is 1. The first kappa shape index (κ1) is 15.3. The summed E-state index contributed by atoms with van der Waals surface area (Å²) in [6, 6.07) is 8.88. The minimum atomic E-state index is -0.460. The highest BCUT2D eigenvalue weighted by Gasteiger charge is 2.23. The fourth-order valence-corrected chi connectivity index (χ4v) is 2.16. The van der Waals surface area contributed by atoms with Crippen molar-refractivity contribution in [3.63, 3.8) is 0 Å². The van der Waals surface area contributed by atoms with Crippen molar-refractivity contribution in [3.8, 4) is 0 Å². The van der Waals surface area contributed by atoms with E-state index in [0.717, 1.165) is 0 Å². The number of halogens is 2. The van der Waals surface area contributed by atoms with Crippen molar-refractivity contribution >= 4 is 23.3 Å². The minimum Gasteiger partial charge on any atom is -0.384 e. The lowest BCUT2D eigenvalue weighted by atomic mass is 10.1. The summed E-state index contributed by atoms with van der Waals surface area (Å²) in [4.78, 5) is 17.8. The summed E-state index contributed by atoms with van der Waals surface area (Å²) < 4.78 is 13.8. The first-order valence-electron chi connectivity index (χ1n) is 6.35. The van der Waals surface area contributed by atoms with E-state index in [1.165, 1.54) is 23.1 Å². The number of hydrogen-bond acceptors (Lipinski definition) is 3. The largest absolute Gasteiger partial charge is 0.384 e. The monoisotopic (exact) mass is 307 g/mol. The Morgan fingerprint density at radius 1 is 1.33 bits per heavy atom. The van der Waals surface area contributed by atoms with Crippen LogP contribution in [0.1, 0.15) is 29.0 Å². The molecule has 0 radical (unpaired) electrons. The lowest BCUT2D eigenvalue weighted by molar-refractivity contribution is 0.0735. The highest BCUT2D eigenvalue weighted by Crippen LogP contribution is 2.25. The number of amides is 1. The molecule has 0 saturated heterocycles. The number of benzene rings is 1. The van der Waals surface area contributed by atoms with Gasteiger partial charge in [-0.2, -0.15) is 0 Å². The standard InChI is InChI=1S/C15H15ClFN3O/c1-9(10-5-3-4-6-12(10)17)20(2)15(21)14-11(16)7-8-13(18)19-14/h3-9H,1-2H3,(H2,18,19). The summed E-state index contributed by atoms with van der Waals surface area (Å²) >= 11 is 5.98. The minimum absolute atomic E-state index is 0.0577. The average molecular weight is 308 g/mol. The second kappa shape index (κ2) is 6.10. The van der Waals surface area contributed by atoms with Gasteiger partial charge in [0.15, 0.2) is 0 Å². The van der Waals surface area contributed by atoms with Crippen LogP contribution in [0.3, 0.4) is 0 Å². The Bertz CT molecular complexity index is 678. The molecule has 1 aromatic carbocycles. The molecule has 0 saturated carbocycles. The van der Waals surface area contributed by atoms with Gasteiger partial charge in [-0.3, -0.25) is 4.79 Å². The predicted molar refractivity (Wildman–Crippen MR) is 80.6 cm³/mol. The highest BCUT2D eigenvalue weighted by molar-refractivity contribution is 6.33. The molecule has 2 aromatic rings. The van der Waals surface area contributed by atoms with Crippen LogP contribution >= 0.6 is 11.6 Å². The van der Waals surface area contributed by atoms with Gasteiger partial charge in [0.25, 0.3) is 5.91 Å². The van der Waals surface area contributed by atoms with Crippen molar-refractivity contribution in [2.45, 2.75) is 13.0 Å². The molecule has 1 atom stereocenters. The molecular weight excluding hydrogens is 293 g/mol. The van der Waals surface area contributed by atoms with E-state index in [4.69, 9.17) is 17.3 Å². The van der Waals surface area contributed by atoms with Gasteiger partial charge < -0.3 is 10.6 Å². The van der Waals surface area contributed by atoms with Crippen LogP contribution in [0.5, 0.6) is 0 Å². The quantitative estimate of drug-likeness (QED) is 0.946. The van der Waals surface area contributed by atoms with Gasteiger partial charge in [0.2, 0.25) is 0 Å². The number of anilines is 1. The third kappa shape index (κ3) is 3.13. The molecule has 0 fully saturated rings. The Kier molecular flexibility index (Phi) is 4.43. The van der Waals surface area contributed by atoms with Crippen LogP contribution in [0.15, 0.2) is 36.4 Å². The summed E-state index contributed by atoms with van der Waals surface area (Å²) in [6.45, 7) is 1.73. The van der Waals surface area contributed by atoms with Crippen LogP contribution < -0.4 is 5.73 Å². The fourth-order valence-electron chi connectivity index (χ4n) is 1.97. The van der Waals surface area contributed by atoms with E-state index in [9.17, 15) is 9.18 Å². The molecule has 2 N–H and O–H groups in total. The number of carbonyl (C=O) groups is 1. The van der Waals surface area contributed by atoms with Crippen LogP contribution in [0.25, 0.3) is 0 Å². The van der Waals surface area contributed by atoms with Gasteiger partial charge in [-0.1, -0.05) is 29.8 Å². The van der Waals surface area contributed by atoms with Crippen LogP contribution in [0.4, 0.5) is 10.2 Å². The van der Waals surface area contributed by atoms with Gasteiger partial charge >= 0.3 is 0 Å². The number of nitrogen functional groups attached to an aromatic ring is 1. The zero-order valence-corrected chi connectivity index (χ0v) is 12.4. The van der Waals surface area contributed by atoms with E-state index in [0.29, 0.717) is 5.56 Å². The fraction of sp³-hybridized carbons (Fsp3) is 0.200. The molecule has 4 nitrogen and oxygen atoms in total. The van der Waals surface area contributed by atoms with Crippen LogP contribution in [0.2, 0.25) is 5.02 Å². The van der Waals surface area contributed by atoms with E-state index >= 15 is 0 Å². The van der Waals surface area contributed by atoms with Crippen LogP contribution in [-0.4, -0.2) is 22.8 Å². The summed E-state index contributed by atoms with van der Waals surface area (Å²) in [7, 11) is 1.57. The molecule has 0 aliphatic heterocycles. The molecule has 1 unspecified atom stereocenters. The molecule has 1 aromatic heterocycles. The second-order valence-electron chi connectivity index (χ2n) is 4.68. The lowest BCUT2D eigenvalue weighted by Crippen LogP contribution is -2.31. The van der Waals surface area contributed by atoms with Gasteiger partial charge in [-0.15, -0.1) is 0 Å².